The maximum atomic E-state index is 12.6. The number of carbonyl (C=O) groups is 2. The maximum absolute atomic E-state index is 12.6. The minimum atomic E-state index is -4.66. The molecule has 60 heavy (non-hydrogen) atoms. The minimum Gasteiger partial charge on any atom is -0.462 e. The summed E-state index contributed by atoms with van der Waals surface area (Å²) in [6, 6.07) is 0. The Morgan fingerprint density at radius 3 is 1.58 bits per heavy atom. The Kier molecular flexibility index (Phi) is 39.5. The van der Waals surface area contributed by atoms with Gasteiger partial charge in [0.1, 0.15) is 12.7 Å². The quantitative estimate of drug-likeness (QED) is 0.0153. The number of hydrogen-bond donors (Lipinski definition) is 4. The van der Waals surface area contributed by atoms with E-state index in [1.54, 1.807) is 6.08 Å². The highest BCUT2D eigenvalue weighted by molar-refractivity contribution is 7.47. The molecule has 0 aromatic heterocycles. The molecule has 12 heteroatoms. The van der Waals surface area contributed by atoms with Crippen molar-refractivity contribution in [3.63, 3.8) is 0 Å². The first-order chi connectivity index (χ1) is 29.1. The number of phosphoric acid groups is 1. The number of hydrogen-bond acceptors (Lipinski definition) is 10. The molecule has 4 N–H and O–H groups in total. The number of unbranched alkanes of at least 4 members (excludes halogenated alkanes) is 4. The van der Waals surface area contributed by atoms with Gasteiger partial charge in [-0.15, -0.1) is 0 Å². The second-order valence-electron chi connectivity index (χ2n) is 13.8. The SMILES string of the molecule is CC/C=C\C/C=C\C/C=C\C/C=C\C/C=C\CCCCCC(=O)OC[C@H](COP(=O)(O)OC[C@@H](O)CO)OC(=O)CCC/C=C\C/C=C\C/C=C\C/C=C\C=C\[C@H](O)CC. The van der Waals surface area contributed by atoms with Crippen LogP contribution in [0.1, 0.15) is 123 Å². The van der Waals surface area contributed by atoms with Crippen LogP contribution in [0.2, 0.25) is 0 Å². The van der Waals surface area contributed by atoms with Crippen LogP contribution < -0.4 is 0 Å². The molecule has 0 aromatic carbocycles. The third-order valence-electron chi connectivity index (χ3n) is 8.27. The van der Waals surface area contributed by atoms with Gasteiger partial charge in [-0.25, -0.2) is 4.57 Å². The first-order valence-corrected chi connectivity index (χ1v) is 23.1. The first kappa shape index (κ1) is 56.3. The van der Waals surface area contributed by atoms with Gasteiger partial charge in [0.25, 0.3) is 0 Å². The van der Waals surface area contributed by atoms with Gasteiger partial charge in [-0.1, -0.05) is 142 Å². The molecule has 0 radical (unpaired) electrons. The summed E-state index contributed by atoms with van der Waals surface area (Å²) in [6.07, 6.45) is 51.2. The summed E-state index contributed by atoms with van der Waals surface area (Å²) in [5.74, 6) is -1.07. The van der Waals surface area contributed by atoms with Crippen molar-refractivity contribution >= 4 is 19.8 Å². The second-order valence-corrected chi connectivity index (χ2v) is 15.3. The number of rotatable bonds is 38. The summed E-state index contributed by atoms with van der Waals surface area (Å²) in [6.45, 7) is 1.78. The normalized spacial score (nSPS) is 15.5. The van der Waals surface area contributed by atoms with Gasteiger partial charge in [-0.05, 0) is 89.9 Å². The Morgan fingerprint density at radius 1 is 0.567 bits per heavy atom. The van der Waals surface area contributed by atoms with Gasteiger partial charge in [0.15, 0.2) is 6.10 Å². The Balaban J connectivity index is 4.50. The molecule has 0 saturated heterocycles. The summed E-state index contributed by atoms with van der Waals surface area (Å²) in [4.78, 5) is 35.0. The lowest BCUT2D eigenvalue weighted by Crippen LogP contribution is -2.29. The molecule has 1 unspecified atom stereocenters. The lowest BCUT2D eigenvalue weighted by molar-refractivity contribution is -0.161. The Labute approximate surface area is 360 Å². The van der Waals surface area contributed by atoms with Gasteiger partial charge in [-0.2, -0.15) is 0 Å². The van der Waals surface area contributed by atoms with E-state index in [1.165, 1.54) is 0 Å². The number of aliphatic hydroxyl groups excluding tert-OH is 3. The zero-order valence-electron chi connectivity index (χ0n) is 36.2. The molecule has 4 atom stereocenters. The average molecular weight is 859 g/mol. The van der Waals surface area contributed by atoms with Crippen molar-refractivity contribution in [1.29, 1.82) is 0 Å². The van der Waals surface area contributed by atoms with E-state index in [-0.39, 0.29) is 19.4 Å². The van der Waals surface area contributed by atoms with Gasteiger partial charge < -0.3 is 29.7 Å². The summed E-state index contributed by atoms with van der Waals surface area (Å²) >= 11 is 0. The molecular weight excluding hydrogens is 783 g/mol. The lowest BCUT2D eigenvalue weighted by Gasteiger charge is -2.20. The van der Waals surface area contributed by atoms with Crippen molar-refractivity contribution in [1.82, 2.24) is 0 Å². The monoisotopic (exact) mass is 859 g/mol. The molecular formula is C48H75O11P. The summed E-state index contributed by atoms with van der Waals surface area (Å²) in [7, 11) is -4.66. The highest BCUT2D eigenvalue weighted by atomic mass is 31.2. The van der Waals surface area contributed by atoms with Crippen molar-refractivity contribution < 1.29 is 52.9 Å². The molecule has 0 spiro atoms. The van der Waals surface area contributed by atoms with Gasteiger partial charge >= 0.3 is 19.8 Å². The average Bonchev–Trinajstić information content (AvgIpc) is 3.24. The van der Waals surface area contributed by atoms with E-state index in [0.29, 0.717) is 25.7 Å². The van der Waals surface area contributed by atoms with Gasteiger partial charge in [0.2, 0.25) is 0 Å². The van der Waals surface area contributed by atoms with Crippen molar-refractivity contribution in [3.05, 3.63) is 122 Å². The molecule has 0 rings (SSSR count). The number of allylic oxidation sites excluding steroid dienone is 19. The summed E-state index contributed by atoms with van der Waals surface area (Å²) in [5.41, 5.74) is 0. The summed E-state index contributed by atoms with van der Waals surface area (Å²) < 4.78 is 32.6. The van der Waals surface area contributed by atoms with Crippen LogP contribution in [0.25, 0.3) is 0 Å². The van der Waals surface area contributed by atoms with Crippen molar-refractivity contribution in [2.75, 3.05) is 26.4 Å². The Hall–Kier alpha value is -3.67. The highest BCUT2D eigenvalue weighted by Gasteiger charge is 2.27. The van der Waals surface area contributed by atoms with E-state index < -0.39 is 57.9 Å². The lowest BCUT2D eigenvalue weighted by atomic mass is 10.1. The van der Waals surface area contributed by atoms with E-state index in [2.05, 4.69) is 96.5 Å². The van der Waals surface area contributed by atoms with Crippen LogP contribution >= 0.6 is 7.82 Å². The predicted molar refractivity (Wildman–Crippen MR) is 243 cm³/mol. The van der Waals surface area contributed by atoms with Gasteiger partial charge in [0.05, 0.1) is 25.9 Å². The number of esters is 2. The Bertz CT molecular complexity index is 1420. The molecule has 0 aromatic rings. The van der Waals surface area contributed by atoms with Gasteiger partial charge in [-0.3, -0.25) is 18.6 Å². The van der Waals surface area contributed by atoms with Crippen molar-refractivity contribution in [2.24, 2.45) is 0 Å². The van der Waals surface area contributed by atoms with E-state index in [0.717, 1.165) is 70.6 Å². The molecule has 0 fully saturated rings. The smallest absolute Gasteiger partial charge is 0.462 e. The van der Waals surface area contributed by atoms with Crippen LogP contribution in [-0.2, 0) is 32.7 Å². The van der Waals surface area contributed by atoms with Crippen LogP contribution in [0.5, 0.6) is 0 Å². The number of aliphatic hydroxyl groups is 3. The fourth-order valence-electron chi connectivity index (χ4n) is 4.83. The van der Waals surface area contributed by atoms with Crippen molar-refractivity contribution in [2.45, 2.75) is 141 Å². The molecule has 0 bridgehead atoms. The molecule has 338 valence electrons. The fraction of sp³-hybridized carbons (Fsp3) is 0.542. The third kappa shape index (κ3) is 41.1. The molecule has 0 aliphatic heterocycles. The zero-order chi connectivity index (χ0) is 44.2. The molecule has 0 amide bonds. The summed E-state index contributed by atoms with van der Waals surface area (Å²) in [5, 5.41) is 27.8. The predicted octanol–water partition coefficient (Wildman–Crippen LogP) is 10.5. The molecule has 11 nitrogen and oxygen atoms in total. The van der Waals surface area contributed by atoms with Crippen LogP contribution in [0.3, 0.4) is 0 Å². The Morgan fingerprint density at radius 2 is 1.05 bits per heavy atom. The highest BCUT2D eigenvalue weighted by Crippen LogP contribution is 2.43. The van der Waals surface area contributed by atoms with Gasteiger partial charge in [0, 0.05) is 12.8 Å². The van der Waals surface area contributed by atoms with Crippen molar-refractivity contribution in [3.8, 4) is 0 Å². The van der Waals surface area contributed by atoms with Crippen LogP contribution in [0.15, 0.2) is 122 Å². The number of phosphoric ester groups is 1. The fourth-order valence-corrected chi connectivity index (χ4v) is 5.62. The molecule has 0 heterocycles. The molecule has 0 aliphatic carbocycles. The molecule has 0 saturated carbocycles. The van der Waals surface area contributed by atoms with E-state index in [4.69, 9.17) is 19.1 Å². The minimum absolute atomic E-state index is 0.0761. The van der Waals surface area contributed by atoms with Crippen LogP contribution in [0, 0.1) is 0 Å². The molecule has 0 aliphatic rings. The standard InChI is InChI=1S/C48H75O11P/c1-3-5-6-7-8-9-10-11-12-13-14-15-16-20-23-26-29-32-35-38-47(52)56-42-46(43-58-60(54,55)57-41-45(51)40-49)59-48(53)39-36-33-30-27-24-21-18-17-19-22-25-28-31-34-37-44(50)4-2/h5-6,8-9,11-12,14-15,18-23,27-28,30-31,34,37,44-46,49-51H,3-4,7,10,13,16-17,24-26,29,32-33,35-36,38-43H2,1-2H3,(H,54,55)/b6-5-,9-8-,12-11-,15-14-,21-18-,22-19-,23-20-,30-27-,31-28-,37-34+/t44-,45+,46-/m1/s1. The maximum Gasteiger partial charge on any atom is 0.472 e. The van der Waals surface area contributed by atoms with Crippen LogP contribution in [-0.4, -0.2) is 76.9 Å². The zero-order valence-corrected chi connectivity index (χ0v) is 37.1. The van der Waals surface area contributed by atoms with E-state index in [1.807, 2.05) is 37.3 Å². The topological polar surface area (TPSA) is 169 Å². The van der Waals surface area contributed by atoms with E-state index >= 15 is 0 Å². The third-order valence-corrected chi connectivity index (χ3v) is 9.22. The second kappa shape index (κ2) is 42.0. The largest absolute Gasteiger partial charge is 0.472 e. The number of carbonyl (C=O) groups excluding carboxylic acids is 2. The number of ether oxygens (including phenoxy) is 2. The first-order valence-electron chi connectivity index (χ1n) is 21.6. The van der Waals surface area contributed by atoms with Crippen LogP contribution in [0.4, 0.5) is 0 Å². The van der Waals surface area contributed by atoms with E-state index in [9.17, 15) is 29.3 Å².